The highest BCUT2D eigenvalue weighted by Gasteiger charge is 2.31. The highest BCUT2D eigenvalue weighted by molar-refractivity contribution is 6.30. The van der Waals surface area contributed by atoms with Crippen LogP contribution in [0.5, 0.6) is 11.5 Å². The number of methoxy groups -OCH3 is 2. The van der Waals surface area contributed by atoms with Crippen LogP contribution in [0.25, 0.3) is 11.4 Å². The van der Waals surface area contributed by atoms with Crippen molar-refractivity contribution in [1.29, 1.82) is 0 Å². The summed E-state index contributed by atoms with van der Waals surface area (Å²) in [4.78, 5) is 6.90. The predicted molar refractivity (Wildman–Crippen MR) is 107 cm³/mol. The van der Waals surface area contributed by atoms with Crippen LogP contribution in [0.2, 0.25) is 5.02 Å². The van der Waals surface area contributed by atoms with Crippen LogP contribution in [0.3, 0.4) is 0 Å². The molecule has 0 radical (unpaired) electrons. The van der Waals surface area contributed by atoms with Gasteiger partial charge in [-0.05, 0) is 43.2 Å². The molecule has 3 aromatic rings. The minimum absolute atomic E-state index is 0.512. The zero-order valence-corrected chi connectivity index (χ0v) is 16.6. The van der Waals surface area contributed by atoms with Gasteiger partial charge in [0.1, 0.15) is 11.5 Å². The lowest BCUT2D eigenvalue weighted by Crippen LogP contribution is -2.25. The maximum atomic E-state index is 6.06. The van der Waals surface area contributed by atoms with Crippen LogP contribution in [0.15, 0.2) is 47.0 Å². The molecule has 28 heavy (non-hydrogen) atoms. The molecule has 1 aliphatic rings. The van der Waals surface area contributed by atoms with E-state index in [0.717, 1.165) is 29.2 Å². The molecule has 6 nitrogen and oxygen atoms in total. The number of halogens is 1. The third-order valence-corrected chi connectivity index (χ3v) is 5.05. The van der Waals surface area contributed by atoms with Crippen molar-refractivity contribution in [1.82, 2.24) is 15.0 Å². The fourth-order valence-corrected chi connectivity index (χ4v) is 3.41. The van der Waals surface area contributed by atoms with Crippen LogP contribution in [0, 0.1) is 0 Å². The number of hydrogen-bond acceptors (Lipinski definition) is 6. The van der Waals surface area contributed by atoms with Gasteiger partial charge in [-0.15, -0.1) is 0 Å². The third kappa shape index (κ3) is 4.29. The van der Waals surface area contributed by atoms with Gasteiger partial charge in [-0.25, -0.2) is 0 Å². The first-order valence-corrected chi connectivity index (χ1v) is 9.57. The van der Waals surface area contributed by atoms with E-state index in [0.29, 0.717) is 29.3 Å². The van der Waals surface area contributed by atoms with Gasteiger partial charge in [0.05, 0.1) is 20.8 Å². The van der Waals surface area contributed by atoms with Gasteiger partial charge in [0.2, 0.25) is 11.7 Å². The van der Waals surface area contributed by atoms with Gasteiger partial charge < -0.3 is 14.0 Å². The molecule has 0 N–H and O–H groups in total. The molecule has 2 aromatic carbocycles. The second-order valence-corrected chi connectivity index (χ2v) is 7.27. The molecular formula is C21H22ClN3O3. The SMILES string of the molecule is COc1ccc(OC)c(CN(Cc2nc(-c3cccc(Cl)c3)no2)C2CC2)c1. The highest BCUT2D eigenvalue weighted by Crippen LogP contribution is 2.33. The van der Waals surface area contributed by atoms with E-state index >= 15 is 0 Å². The lowest BCUT2D eigenvalue weighted by molar-refractivity contribution is 0.207. The van der Waals surface area contributed by atoms with E-state index in [4.69, 9.17) is 25.6 Å². The molecule has 0 aliphatic heterocycles. The zero-order chi connectivity index (χ0) is 19.5. The predicted octanol–water partition coefficient (Wildman–Crippen LogP) is 4.57. The Morgan fingerprint density at radius 2 is 1.96 bits per heavy atom. The molecule has 0 spiro atoms. The molecule has 1 saturated carbocycles. The first kappa shape index (κ1) is 18.8. The first-order chi connectivity index (χ1) is 13.7. The van der Waals surface area contributed by atoms with Gasteiger partial charge in [-0.1, -0.05) is 28.9 Å². The van der Waals surface area contributed by atoms with Crippen molar-refractivity contribution in [3.8, 4) is 22.9 Å². The largest absolute Gasteiger partial charge is 0.497 e. The topological polar surface area (TPSA) is 60.6 Å². The summed E-state index contributed by atoms with van der Waals surface area (Å²) in [6, 6.07) is 13.8. The first-order valence-electron chi connectivity index (χ1n) is 9.19. The Labute approximate surface area is 169 Å². The number of aromatic nitrogens is 2. The van der Waals surface area contributed by atoms with Crippen molar-refractivity contribution in [3.63, 3.8) is 0 Å². The van der Waals surface area contributed by atoms with E-state index < -0.39 is 0 Å². The number of ether oxygens (including phenoxy) is 2. The van der Waals surface area contributed by atoms with Crippen molar-refractivity contribution in [2.75, 3.05) is 14.2 Å². The summed E-state index contributed by atoms with van der Waals surface area (Å²) in [5.41, 5.74) is 1.92. The second-order valence-electron chi connectivity index (χ2n) is 6.84. The standard InChI is InChI=1S/C21H22ClN3O3/c1-26-18-8-9-19(27-2)15(11-18)12-25(17-6-7-17)13-20-23-21(24-28-20)14-4-3-5-16(22)10-14/h3-5,8-11,17H,6-7,12-13H2,1-2H3. The Balaban J connectivity index is 1.53. The van der Waals surface area contributed by atoms with Gasteiger partial charge in [-0.3, -0.25) is 4.90 Å². The Bertz CT molecular complexity index is 956. The fraction of sp³-hybridized carbons (Fsp3) is 0.333. The molecule has 0 saturated heterocycles. The van der Waals surface area contributed by atoms with Crippen LogP contribution in [0.4, 0.5) is 0 Å². The lowest BCUT2D eigenvalue weighted by Gasteiger charge is -2.21. The van der Waals surface area contributed by atoms with Crippen molar-refractivity contribution in [2.24, 2.45) is 0 Å². The van der Waals surface area contributed by atoms with Crippen LogP contribution in [0.1, 0.15) is 24.3 Å². The van der Waals surface area contributed by atoms with Gasteiger partial charge >= 0.3 is 0 Å². The van der Waals surface area contributed by atoms with Crippen molar-refractivity contribution < 1.29 is 14.0 Å². The lowest BCUT2D eigenvalue weighted by atomic mass is 10.1. The van der Waals surface area contributed by atoms with Gasteiger partial charge in [0, 0.05) is 28.7 Å². The Kier molecular flexibility index (Phi) is 5.50. The summed E-state index contributed by atoms with van der Waals surface area (Å²) in [7, 11) is 3.35. The smallest absolute Gasteiger partial charge is 0.241 e. The number of nitrogens with zero attached hydrogens (tertiary/aromatic N) is 3. The molecule has 1 fully saturated rings. The van der Waals surface area contributed by atoms with E-state index in [-0.39, 0.29) is 0 Å². The van der Waals surface area contributed by atoms with Gasteiger partial charge in [0.25, 0.3) is 0 Å². The van der Waals surface area contributed by atoms with Gasteiger partial charge in [0.15, 0.2) is 0 Å². The van der Waals surface area contributed by atoms with E-state index in [1.54, 1.807) is 14.2 Å². The molecule has 1 aromatic heterocycles. The number of hydrogen-bond donors (Lipinski definition) is 0. The van der Waals surface area contributed by atoms with Crippen molar-refractivity contribution >= 4 is 11.6 Å². The number of rotatable bonds is 8. The summed E-state index contributed by atoms with van der Waals surface area (Å²) >= 11 is 6.06. The summed E-state index contributed by atoms with van der Waals surface area (Å²) in [5.74, 6) is 2.79. The highest BCUT2D eigenvalue weighted by atomic mass is 35.5. The molecule has 146 valence electrons. The van der Waals surface area contributed by atoms with E-state index in [9.17, 15) is 0 Å². The van der Waals surface area contributed by atoms with Gasteiger partial charge in [-0.2, -0.15) is 4.98 Å². The Morgan fingerprint density at radius 1 is 1.11 bits per heavy atom. The summed E-state index contributed by atoms with van der Waals surface area (Å²) in [5, 5.41) is 4.76. The second kappa shape index (κ2) is 8.20. The molecular weight excluding hydrogens is 378 g/mol. The maximum Gasteiger partial charge on any atom is 0.241 e. The van der Waals surface area contributed by atoms with Crippen LogP contribution in [-0.4, -0.2) is 35.3 Å². The molecule has 4 rings (SSSR count). The van der Waals surface area contributed by atoms with Crippen molar-refractivity contribution in [2.45, 2.75) is 32.0 Å². The van der Waals surface area contributed by atoms with E-state index in [1.165, 1.54) is 12.8 Å². The van der Waals surface area contributed by atoms with Crippen LogP contribution < -0.4 is 9.47 Å². The average Bonchev–Trinajstić information content (AvgIpc) is 3.46. The summed E-state index contributed by atoms with van der Waals surface area (Å²) in [6.07, 6.45) is 2.34. The summed E-state index contributed by atoms with van der Waals surface area (Å²) in [6.45, 7) is 1.30. The van der Waals surface area contributed by atoms with Crippen LogP contribution in [-0.2, 0) is 13.1 Å². The van der Waals surface area contributed by atoms with E-state index in [1.807, 2.05) is 42.5 Å². The summed E-state index contributed by atoms with van der Waals surface area (Å²) < 4.78 is 16.4. The fourth-order valence-electron chi connectivity index (χ4n) is 3.22. The third-order valence-electron chi connectivity index (χ3n) is 4.81. The molecule has 1 aliphatic carbocycles. The monoisotopic (exact) mass is 399 g/mol. The Hall–Kier alpha value is -2.57. The normalized spacial score (nSPS) is 13.7. The minimum Gasteiger partial charge on any atom is -0.497 e. The minimum atomic E-state index is 0.512. The average molecular weight is 400 g/mol. The molecule has 0 unspecified atom stereocenters. The molecule has 1 heterocycles. The quantitative estimate of drug-likeness (QED) is 0.553. The van der Waals surface area contributed by atoms with E-state index in [2.05, 4.69) is 15.0 Å². The molecule has 7 heteroatoms. The zero-order valence-electron chi connectivity index (χ0n) is 15.9. The maximum absolute atomic E-state index is 6.06. The Morgan fingerprint density at radius 3 is 2.68 bits per heavy atom. The molecule has 0 bridgehead atoms. The number of benzene rings is 2. The van der Waals surface area contributed by atoms with Crippen molar-refractivity contribution in [3.05, 3.63) is 58.9 Å². The van der Waals surface area contributed by atoms with Crippen LogP contribution >= 0.6 is 11.6 Å². The molecule has 0 atom stereocenters. The molecule has 0 amide bonds.